The number of carboxylic acids is 1. The Balaban J connectivity index is 2.23. The monoisotopic (exact) mass is 199 g/mol. The van der Waals surface area contributed by atoms with Crippen LogP contribution in [0.25, 0.3) is 0 Å². The van der Waals surface area contributed by atoms with Gasteiger partial charge in [-0.3, -0.25) is 4.79 Å². The number of aliphatic carboxylic acids is 1. The molecule has 1 aliphatic rings. The third-order valence-corrected chi connectivity index (χ3v) is 3.18. The fraction of sp³-hybridized carbons (Fsp3) is 0.909. The van der Waals surface area contributed by atoms with E-state index in [0.717, 1.165) is 18.8 Å². The molecule has 0 aromatic rings. The van der Waals surface area contributed by atoms with Gasteiger partial charge in [-0.1, -0.05) is 32.6 Å². The summed E-state index contributed by atoms with van der Waals surface area (Å²) >= 11 is 0. The van der Waals surface area contributed by atoms with Crippen molar-refractivity contribution >= 4 is 5.97 Å². The maximum Gasteiger partial charge on any atom is 0.304 e. The molecule has 1 rings (SSSR count). The van der Waals surface area contributed by atoms with E-state index in [1.165, 1.54) is 19.3 Å². The van der Waals surface area contributed by atoms with Crippen molar-refractivity contribution in [1.82, 2.24) is 0 Å². The molecule has 1 aliphatic carbocycles. The van der Waals surface area contributed by atoms with Crippen molar-refractivity contribution in [2.45, 2.75) is 51.5 Å². The minimum atomic E-state index is -0.776. The summed E-state index contributed by atoms with van der Waals surface area (Å²) in [5.74, 6) is 0.537. The van der Waals surface area contributed by atoms with Gasteiger partial charge in [0.25, 0.3) is 0 Å². The number of carboxylic acid groups (broad SMARTS) is 1. The second kappa shape index (κ2) is 5.35. The molecule has 0 aromatic heterocycles. The molecule has 14 heavy (non-hydrogen) atoms. The number of hydrogen-bond acceptors (Lipinski definition) is 2. The summed E-state index contributed by atoms with van der Waals surface area (Å²) in [5, 5.41) is 8.64. The standard InChI is InChI=1S/C11H21NO2/c1-2-9(6-5-8-3-4-8)10(12)7-11(13)14/h8-10H,2-7,12H2,1H3,(H,13,14). The molecule has 0 amide bonds. The van der Waals surface area contributed by atoms with Crippen molar-refractivity contribution in [2.24, 2.45) is 17.6 Å². The van der Waals surface area contributed by atoms with E-state index in [1.807, 2.05) is 0 Å². The quantitative estimate of drug-likeness (QED) is 0.659. The first kappa shape index (κ1) is 11.5. The average molecular weight is 199 g/mol. The summed E-state index contributed by atoms with van der Waals surface area (Å²) in [4.78, 5) is 10.5. The number of hydrogen-bond donors (Lipinski definition) is 2. The van der Waals surface area contributed by atoms with Crippen LogP contribution in [0.15, 0.2) is 0 Å². The molecule has 0 radical (unpaired) electrons. The van der Waals surface area contributed by atoms with Crippen molar-refractivity contribution < 1.29 is 9.90 Å². The zero-order valence-corrected chi connectivity index (χ0v) is 8.91. The molecule has 1 saturated carbocycles. The zero-order valence-electron chi connectivity index (χ0n) is 8.91. The van der Waals surface area contributed by atoms with Crippen LogP contribution in [0, 0.1) is 11.8 Å². The summed E-state index contributed by atoms with van der Waals surface area (Å²) < 4.78 is 0. The van der Waals surface area contributed by atoms with Crippen LogP contribution in [0.1, 0.15) is 45.4 Å². The van der Waals surface area contributed by atoms with Gasteiger partial charge in [0.05, 0.1) is 6.42 Å². The topological polar surface area (TPSA) is 63.3 Å². The van der Waals surface area contributed by atoms with Crippen LogP contribution in [0.5, 0.6) is 0 Å². The third kappa shape index (κ3) is 4.09. The van der Waals surface area contributed by atoms with E-state index in [4.69, 9.17) is 10.8 Å². The summed E-state index contributed by atoms with van der Waals surface area (Å²) in [7, 11) is 0. The number of carbonyl (C=O) groups is 1. The Morgan fingerprint density at radius 3 is 2.64 bits per heavy atom. The van der Waals surface area contributed by atoms with E-state index in [1.54, 1.807) is 0 Å². The minimum absolute atomic E-state index is 0.114. The van der Waals surface area contributed by atoms with E-state index in [0.29, 0.717) is 5.92 Å². The van der Waals surface area contributed by atoms with Crippen molar-refractivity contribution in [3.05, 3.63) is 0 Å². The van der Waals surface area contributed by atoms with Crippen LogP contribution < -0.4 is 5.73 Å². The van der Waals surface area contributed by atoms with E-state index in [9.17, 15) is 4.79 Å². The van der Waals surface area contributed by atoms with Crippen molar-refractivity contribution in [2.75, 3.05) is 0 Å². The van der Waals surface area contributed by atoms with Gasteiger partial charge >= 0.3 is 5.97 Å². The lowest BCUT2D eigenvalue weighted by Gasteiger charge is -2.20. The maximum absolute atomic E-state index is 10.5. The van der Waals surface area contributed by atoms with Crippen LogP contribution in [-0.4, -0.2) is 17.1 Å². The van der Waals surface area contributed by atoms with Crippen molar-refractivity contribution in [3.8, 4) is 0 Å². The van der Waals surface area contributed by atoms with Crippen LogP contribution in [-0.2, 0) is 4.79 Å². The Morgan fingerprint density at radius 2 is 2.21 bits per heavy atom. The molecule has 0 aliphatic heterocycles. The number of nitrogens with two attached hydrogens (primary N) is 1. The first-order valence-electron chi connectivity index (χ1n) is 5.60. The van der Waals surface area contributed by atoms with E-state index >= 15 is 0 Å². The van der Waals surface area contributed by atoms with Crippen LogP contribution in [0.4, 0.5) is 0 Å². The van der Waals surface area contributed by atoms with Crippen LogP contribution >= 0.6 is 0 Å². The molecule has 2 atom stereocenters. The normalized spacial score (nSPS) is 20.4. The van der Waals surface area contributed by atoms with Crippen molar-refractivity contribution in [3.63, 3.8) is 0 Å². The Morgan fingerprint density at radius 1 is 1.57 bits per heavy atom. The Hall–Kier alpha value is -0.570. The first-order chi connectivity index (χ1) is 6.63. The average Bonchev–Trinajstić information content (AvgIpc) is 2.87. The second-order valence-electron chi connectivity index (χ2n) is 4.45. The lowest BCUT2D eigenvalue weighted by atomic mass is 9.90. The molecule has 1 fully saturated rings. The SMILES string of the molecule is CCC(CCC1CC1)C(N)CC(=O)O. The van der Waals surface area contributed by atoms with Crippen LogP contribution in [0.2, 0.25) is 0 Å². The first-order valence-corrected chi connectivity index (χ1v) is 5.60. The molecule has 0 bridgehead atoms. The van der Waals surface area contributed by atoms with Gasteiger partial charge in [-0.15, -0.1) is 0 Å². The van der Waals surface area contributed by atoms with Gasteiger partial charge in [0, 0.05) is 6.04 Å². The summed E-state index contributed by atoms with van der Waals surface area (Å²) in [5.41, 5.74) is 5.86. The van der Waals surface area contributed by atoms with E-state index < -0.39 is 5.97 Å². The predicted octanol–water partition coefficient (Wildman–Crippen LogP) is 2.00. The predicted molar refractivity (Wildman–Crippen MR) is 56.0 cm³/mol. The lowest BCUT2D eigenvalue weighted by molar-refractivity contribution is -0.137. The second-order valence-corrected chi connectivity index (χ2v) is 4.45. The molecule has 82 valence electrons. The molecule has 3 N–H and O–H groups in total. The third-order valence-electron chi connectivity index (χ3n) is 3.18. The van der Waals surface area contributed by atoms with Gasteiger partial charge in [-0.25, -0.2) is 0 Å². The summed E-state index contributed by atoms with van der Waals surface area (Å²) in [6.45, 7) is 2.10. The highest BCUT2D eigenvalue weighted by Gasteiger charge is 2.24. The summed E-state index contributed by atoms with van der Waals surface area (Å²) in [6, 6.07) is -0.156. The van der Waals surface area contributed by atoms with Gasteiger partial charge in [0.1, 0.15) is 0 Å². The van der Waals surface area contributed by atoms with Gasteiger partial charge < -0.3 is 10.8 Å². The molecule has 3 heteroatoms. The molecular formula is C11H21NO2. The van der Waals surface area contributed by atoms with Gasteiger partial charge in [0.15, 0.2) is 0 Å². The Bertz CT molecular complexity index is 190. The van der Waals surface area contributed by atoms with Gasteiger partial charge in [-0.05, 0) is 18.3 Å². The molecule has 0 saturated heterocycles. The molecule has 3 nitrogen and oxygen atoms in total. The molecular weight excluding hydrogens is 178 g/mol. The van der Waals surface area contributed by atoms with E-state index in [2.05, 4.69) is 6.92 Å². The van der Waals surface area contributed by atoms with Gasteiger partial charge in [-0.2, -0.15) is 0 Å². The molecule has 0 aromatic carbocycles. The number of rotatable bonds is 7. The molecule has 2 unspecified atom stereocenters. The Labute approximate surface area is 85.7 Å². The maximum atomic E-state index is 10.5. The smallest absolute Gasteiger partial charge is 0.304 e. The molecule has 0 heterocycles. The fourth-order valence-corrected chi connectivity index (χ4v) is 1.95. The highest BCUT2D eigenvalue weighted by atomic mass is 16.4. The zero-order chi connectivity index (χ0) is 10.6. The van der Waals surface area contributed by atoms with Crippen molar-refractivity contribution in [1.29, 1.82) is 0 Å². The summed E-state index contributed by atoms with van der Waals surface area (Å²) in [6.07, 6.45) is 6.20. The highest BCUT2D eigenvalue weighted by molar-refractivity contribution is 5.67. The largest absolute Gasteiger partial charge is 0.481 e. The van der Waals surface area contributed by atoms with Gasteiger partial charge in [0.2, 0.25) is 0 Å². The molecule has 0 spiro atoms. The Kier molecular flexibility index (Phi) is 4.39. The van der Waals surface area contributed by atoms with Crippen LogP contribution in [0.3, 0.4) is 0 Å². The minimum Gasteiger partial charge on any atom is -0.481 e. The lowest BCUT2D eigenvalue weighted by Crippen LogP contribution is -2.32. The fourth-order valence-electron chi connectivity index (χ4n) is 1.95. The highest BCUT2D eigenvalue weighted by Crippen LogP contribution is 2.35. The van der Waals surface area contributed by atoms with E-state index in [-0.39, 0.29) is 12.5 Å².